The van der Waals surface area contributed by atoms with E-state index in [2.05, 4.69) is 82.3 Å². The fourth-order valence-electron chi connectivity index (χ4n) is 4.55. The van der Waals surface area contributed by atoms with Crippen molar-refractivity contribution in [1.82, 2.24) is 0 Å². The second-order valence-electron chi connectivity index (χ2n) is 9.24. The van der Waals surface area contributed by atoms with Gasteiger partial charge in [-0.15, -0.1) is 0 Å². The number of para-hydroxylation sites is 1. The molecule has 0 saturated carbocycles. The Hall–Kier alpha value is -2.82. The largest absolute Gasteiger partial charge is 0.494 e. The predicted molar refractivity (Wildman–Crippen MR) is 124 cm³/mol. The zero-order valence-corrected chi connectivity index (χ0v) is 17.7. The maximum absolute atomic E-state index is 6.34. The first kappa shape index (κ1) is 18.0. The molecular formula is C26H23BO3. The molecule has 30 heavy (non-hydrogen) atoms. The summed E-state index contributed by atoms with van der Waals surface area (Å²) in [5.74, 6) is 0. The van der Waals surface area contributed by atoms with E-state index in [1.807, 2.05) is 12.1 Å². The van der Waals surface area contributed by atoms with Crippen molar-refractivity contribution in [3.05, 3.63) is 66.7 Å². The van der Waals surface area contributed by atoms with Gasteiger partial charge in [0.1, 0.15) is 11.2 Å². The molecule has 5 aromatic rings. The highest BCUT2D eigenvalue weighted by Gasteiger charge is 2.51. The fraction of sp³-hybridized carbons (Fsp3) is 0.231. The quantitative estimate of drug-likeness (QED) is 0.251. The summed E-state index contributed by atoms with van der Waals surface area (Å²) in [6.07, 6.45) is 0. The van der Waals surface area contributed by atoms with Crippen molar-refractivity contribution in [1.29, 1.82) is 0 Å². The van der Waals surface area contributed by atoms with Crippen LogP contribution in [0.1, 0.15) is 27.7 Å². The number of rotatable bonds is 1. The van der Waals surface area contributed by atoms with Gasteiger partial charge in [-0.05, 0) is 55.4 Å². The highest BCUT2D eigenvalue weighted by molar-refractivity contribution is 6.62. The molecule has 2 heterocycles. The Morgan fingerprint density at radius 1 is 0.633 bits per heavy atom. The molecule has 0 radical (unpaired) electrons. The molecule has 148 valence electrons. The number of furan rings is 1. The zero-order valence-electron chi connectivity index (χ0n) is 17.7. The van der Waals surface area contributed by atoms with E-state index in [9.17, 15) is 0 Å². The predicted octanol–water partition coefficient (Wildman–Crippen LogP) is 6.19. The average molecular weight is 394 g/mol. The maximum Gasteiger partial charge on any atom is 0.494 e. The minimum Gasteiger partial charge on any atom is -0.455 e. The molecule has 0 atom stereocenters. The van der Waals surface area contributed by atoms with Crippen molar-refractivity contribution in [3.8, 4) is 0 Å². The highest BCUT2D eigenvalue weighted by atomic mass is 16.7. The lowest BCUT2D eigenvalue weighted by Crippen LogP contribution is -2.41. The fourth-order valence-corrected chi connectivity index (χ4v) is 4.55. The Labute approximate surface area is 175 Å². The second kappa shape index (κ2) is 5.87. The summed E-state index contributed by atoms with van der Waals surface area (Å²) >= 11 is 0. The van der Waals surface area contributed by atoms with E-state index in [0.717, 1.165) is 32.8 Å². The average Bonchev–Trinajstić information content (AvgIpc) is 3.22. The summed E-state index contributed by atoms with van der Waals surface area (Å²) in [6.45, 7) is 8.35. The van der Waals surface area contributed by atoms with Crippen LogP contribution < -0.4 is 5.46 Å². The van der Waals surface area contributed by atoms with Gasteiger partial charge in [0.15, 0.2) is 0 Å². The molecule has 0 aliphatic carbocycles. The summed E-state index contributed by atoms with van der Waals surface area (Å²) in [6, 6.07) is 23.3. The molecule has 0 spiro atoms. The minimum atomic E-state index is -0.390. The molecule has 4 heteroatoms. The third kappa shape index (κ3) is 2.35. The van der Waals surface area contributed by atoms with E-state index in [-0.39, 0.29) is 18.3 Å². The van der Waals surface area contributed by atoms with Crippen LogP contribution in [0.2, 0.25) is 0 Å². The molecule has 4 aromatic carbocycles. The molecule has 0 amide bonds. The lowest BCUT2D eigenvalue weighted by atomic mass is 9.77. The molecule has 3 nitrogen and oxygen atoms in total. The van der Waals surface area contributed by atoms with E-state index in [4.69, 9.17) is 13.7 Å². The molecule has 0 N–H and O–H groups in total. The van der Waals surface area contributed by atoms with Gasteiger partial charge in [-0.25, -0.2) is 0 Å². The maximum atomic E-state index is 6.34. The molecule has 1 aliphatic heterocycles. The lowest BCUT2D eigenvalue weighted by Gasteiger charge is -2.32. The van der Waals surface area contributed by atoms with Crippen molar-refractivity contribution < 1.29 is 13.7 Å². The first-order chi connectivity index (χ1) is 14.4. The Morgan fingerprint density at radius 2 is 1.23 bits per heavy atom. The number of hydrogen-bond acceptors (Lipinski definition) is 3. The van der Waals surface area contributed by atoms with Gasteiger partial charge < -0.3 is 13.7 Å². The smallest absolute Gasteiger partial charge is 0.455 e. The molecular weight excluding hydrogens is 371 g/mol. The SMILES string of the molecule is CC1(C)OB(c2ccc3c4ccccc4c4oc5ccccc5c4c3c2)OC1(C)C. The van der Waals surface area contributed by atoms with E-state index in [0.29, 0.717) is 0 Å². The summed E-state index contributed by atoms with van der Waals surface area (Å²) in [5, 5.41) is 7.00. The van der Waals surface area contributed by atoms with Crippen molar-refractivity contribution in [2.24, 2.45) is 0 Å². The van der Waals surface area contributed by atoms with Crippen LogP contribution in [0.5, 0.6) is 0 Å². The van der Waals surface area contributed by atoms with Gasteiger partial charge in [0.05, 0.1) is 11.2 Å². The van der Waals surface area contributed by atoms with Crippen LogP contribution in [0.4, 0.5) is 0 Å². The molecule has 1 aliphatic rings. The monoisotopic (exact) mass is 394 g/mol. The molecule has 0 bridgehead atoms. The van der Waals surface area contributed by atoms with Crippen LogP contribution in [-0.2, 0) is 9.31 Å². The molecule has 0 unspecified atom stereocenters. The van der Waals surface area contributed by atoms with Gasteiger partial charge in [-0.2, -0.15) is 0 Å². The van der Waals surface area contributed by atoms with Crippen LogP contribution >= 0.6 is 0 Å². The molecule has 1 saturated heterocycles. The van der Waals surface area contributed by atoms with Crippen LogP contribution in [0.25, 0.3) is 43.5 Å². The summed E-state index contributed by atoms with van der Waals surface area (Å²) in [4.78, 5) is 0. The number of fused-ring (bicyclic) bond motifs is 8. The second-order valence-corrected chi connectivity index (χ2v) is 9.24. The van der Waals surface area contributed by atoms with Gasteiger partial charge in [-0.1, -0.05) is 60.7 Å². The Bertz CT molecular complexity index is 1450. The molecule has 6 rings (SSSR count). The van der Waals surface area contributed by atoms with Gasteiger partial charge in [-0.3, -0.25) is 0 Å². The van der Waals surface area contributed by atoms with Crippen LogP contribution in [0.3, 0.4) is 0 Å². The van der Waals surface area contributed by atoms with E-state index >= 15 is 0 Å². The summed E-state index contributed by atoms with van der Waals surface area (Å²) < 4.78 is 19.0. The number of benzene rings is 4. The summed E-state index contributed by atoms with van der Waals surface area (Å²) in [7, 11) is -0.390. The standard InChI is InChI=1S/C26H23BO3/c1-25(2)26(3,4)30-27(29-25)16-13-14-18-17-9-5-6-10-19(17)24-23(21(18)15-16)20-11-7-8-12-22(20)28-24/h5-15H,1-4H3. The van der Waals surface area contributed by atoms with Gasteiger partial charge in [0.2, 0.25) is 0 Å². The Kier molecular flexibility index (Phi) is 3.52. The third-order valence-electron chi connectivity index (χ3n) is 6.90. The summed E-state index contributed by atoms with van der Waals surface area (Å²) in [5.41, 5.74) is 2.14. The van der Waals surface area contributed by atoms with Crippen molar-refractivity contribution in [2.45, 2.75) is 38.9 Å². The first-order valence-electron chi connectivity index (χ1n) is 10.5. The van der Waals surface area contributed by atoms with Gasteiger partial charge >= 0.3 is 7.12 Å². The van der Waals surface area contributed by atoms with Crippen LogP contribution in [0, 0.1) is 0 Å². The van der Waals surface area contributed by atoms with Gasteiger partial charge in [0.25, 0.3) is 0 Å². The topological polar surface area (TPSA) is 31.6 Å². The Balaban J connectivity index is 1.69. The minimum absolute atomic E-state index is 0.367. The Morgan fingerprint density at radius 3 is 1.97 bits per heavy atom. The lowest BCUT2D eigenvalue weighted by molar-refractivity contribution is 0.00578. The van der Waals surface area contributed by atoms with Gasteiger partial charge in [0, 0.05) is 16.2 Å². The van der Waals surface area contributed by atoms with E-state index in [1.165, 1.54) is 16.2 Å². The van der Waals surface area contributed by atoms with Crippen LogP contribution in [0.15, 0.2) is 71.1 Å². The van der Waals surface area contributed by atoms with Crippen molar-refractivity contribution in [2.75, 3.05) is 0 Å². The highest BCUT2D eigenvalue weighted by Crippen LogP contribution is 2.41. The normalized spacial score (nSPS) is 18.2. The third-order valence-corrected chi connectivity index (χ3v) is 6.90. The van der Waals surface area contributed by atoms with Crippen molar-refractivity contribution in [3.63, 3.8) is 0 Å². The first-order valence-corrected chi connectivity index (χ1v) is 10.5. The molecule has 1 aromatic heterocycles. The van der Waals surface area contributed by atoms with E-state index in [1.54, 1.807) is 0 Å². The van der Waals surface area contributed by atoms with Crippen LogP contribution in [-0.4, -0.2) is 18.3 Å². The van der Waals surface area contributed by atoms with Crippen molar-refractivity contribution >= 4 is 56.1 Å². The van der Waals surface area contributed by atoms with E-state index < -0.39 is 0 Å². The number of hydrogen-bond donors (Lipinski definition) is 0. The zero-order chi connectivity index (χ0) is 20.7. The molecule has 1 fully saturated rings.